The Morgan fingerprint density at radius 3 is 2.56 bits per heavy atom. The van der Waals surface area contributed by atoms with Crippen molar-refractivity contribution in [1.82, 2.24) is 0 Å². The molecule has 0 fully saturated rings. The number of aromatic nitrogens is 1. The molecule has 25 heavy (non-hydrogen) atoms. The molecule has 0 radical (unpaired) electrons. The van der Waals surface area contributed by atoms with E-state index < -0.39 is 0 Å². The Hall–Kier alpha value is -3.63. The lowest BCUT2D eigenvalue weighted by Gasteiger charge is -2.04. The molecule has 0 bridgehead atoms. The van der Waals surface area contributed by atoms with E-state index in [1.54, 1.807) is 6.07 Å². The molecule has 0 N–H and O–H groups in total. The fraction of sp³-hybridized carbons (Fsp3) is 0.0952. The van der Waals surface area contributed by atoms with Gasteiger partial charge in [-0.05, 0) is 42.8 Å². The van der Waals surface area contributed by atoms with Crippen LogP contribution in [0.2, 0.25) is 0 Å². The molecule has 0 saturated carbocycles. The quantitative estimate of drug-likeness (QED) is 0.495. The van der Waals surface area contributed by atoms with Crippen LogP contribution in [0.4, 0.5) is 0 Å². The minimum absolute atomic E-state index is 0.292. The molecule has 0 amide bonds. The lowest BCUT2D eigenvalue weighted by molar-refractivity contribution is -0.660. The van der Waals surface area contributed by atoms with Crippen LogP contribution in [-0.4, -0.2) is 0 Å². The second-order valence-corrected chi connectivity index (χ2v) is 6.05. The first kappa shape index (κ1) is 14.9. The predicted octanol–water partition coefficient (Wildman–Crippen LogP) is 4.13. The summed E-state index contributed by atoms with van der Waals surface area (Å²) in [5, 5.41) is 20.4. The van der Waals surface area contributed by atoms with E-state index in [0.29, 0.717) is 16.7 Å². The van der Waals surface area contributed by atoms with E-state index in [4.69, 9.17) is 4.42 Å². The van der Waals surface area contributed by atoms with E-state index in [-0.39, 0.29) is 0 Å². The van der Waals surface area contributed by atoms with Gasteiger partial charge in [-0.25, -0.2) is 4.57 Å². The van der Waals surface area contributed by atoms with Gasteiger partial charge in [0, 0.05) is 28.5 Å². The summed E-state index contributed by atoms with van der Waals surface area (Å²) >= 11 is 0. The molecule has 2 aromatic heterocycles. The van der Waals surface area contributed by atoms with E-state index in [0.717, 1.165) is 33.2 Å². The van der Waals surface area contributed by atoms with Crippen LogP contribution in [0.15, 0.2) is 53.1 Å². The molecular weight excluding hydrogens is 310 g/mol. The first-order valence-corrected chi connectivity index (χ1v) is 7.89. The van der Waals surface area contributed by atoms with E-state index in [2.05, 4.69) is 28.8 Å². The first-order valence-electron chi connectivity index (χ1n) is 7.89. The topological polar surface area (TPSA) is 64.6 Å². The molecule has 0 saturated heterocycles. The number of hydrogen-bond donors (Lipinski definition) is 0. The number of nitrogens with zero attached hydrogens (tertiary/aromatic N) is 3. The van der Waals surface area contributed by atoms with Gasteiger partial charge < -0.3 is 4.42 Å². The van der Waals surface area contributed by atoms with Crippen LogP contribution >= 0.6 is 0 Å². The maximum atomic E-state index is 9.43. The third kappa shape index (κ3) is 2.16. The molecule has 0 unspecified atom stereocenters. The second kappa shape index (κ2) is 5.47. The Morgan fingerprint density at radius 1 is 1.00 bits per heavy atom. The summed E-state index contributed by atoms with van der Waals surface area (Å²) in [6.07, 6.45) is 2.01. The molecular formula is C21H14N3O+. The van der Waals surface area contributed by atoms with Gasteiger partial charge in [0.2, 0.25) is 5.69 Å². The highest BCUT2D eigenvalue weighted by molar-refractivity contribution is 6.08. The van der Waals surface area contributed by atoms with E-state index in [1.165, 1.54) is 0 Å². The number of nitriles is 2. The fourth-order valence-electron chi connectivity index (χ4n) is 3.27. The molecule has 4 heteroatoms. The van der Waals surface area contributed by atoms with Crippen LogP contribution in [0.3, 0.4) is 0 Å². The maximum Gasteiger partial charge on any atom is 0.212 e. The van der Waals surface area contributed by atoms with Crippen molar-refractivity contribution in [2.45, 2.75) is 6.92 Å². The molecule has 0 aliphatic carbocycles. The summed E-state index contributed by atoms with van der Waals surface area (Å²) in [7, 11) is 2.01. The zero-order valence-electron chi connectivity index (χ0n) is 13.9. The molecule has 0 aliphatic heterocycles. The summed E-state index contributed by atoms with van der Waals surface area (Å²) in [6.45, 7) is 2.04. The molecule has 2 heterocycles. The van der Waals surface area contributed by atoms with Gasteiger partial charge in [-0.1, -0.05) is 0 Å². The summed E-state index contributed by atoms with van der Waals surface area (Å²) in [5.41, 5.74) is 5.13. The van der Waals surface area contributed by atoms with Gasteiger partial charge >= 0.3 is 0 Å². The summed E-state index contributed by atoms with van der Waals surface area (Å²) in [6, 6.07) is 17.9. The van der Waals surface area contributed by atoms with Gasteiger partial charge in [0.05, 0.1) is 5.56 Å². The highest BCUT2D eigenvalue weighted by atomic mass is 16.3. The van der Waals surface area contributed by atoms with Crippen molar-refractivity contribution in [2.24, 2.45) is 7.05 Å². The van der Waals surface area contributed by atoms with E-state index in [1.807, 2.05) is 44.4 Å². The number of fused-ring (bicyclic) bond motifs is 3. The minimum Gasteiger partial charge on any atom is -0.455 e. The fourth-order valence-corrected chi connectivity index (χ4v) is 3.27. The van der Waals surface area contributed by atoms with Gasteiger partial charge in [0.1, 0.15) is 30.3 Å². The number of benzene rings is 2. The predicted molar refractivity (Wildman–Crippen MR) is 94.5 cm³/mol. The van der Waals surface area contributed by atoms with Crippen LogP contribution in [0.5, 0.6) is 0 Å². The smallest absolute Gasteiger partial charge is 0.212 e. The summed E-state index contributed by atoms with van der Waals surface area (Å²) in [4.78, 5) is 0. The number of hydrogen-bond acceptors (Lipinski definition) is 3. The monoisotopic (exact) mass is 324 g/mol. The van der Waals surface area contributed by atoms with Gasteiger partial charge in [-0.15, -0.1) is 0 Å². The van der Waals surface area contributed by atoms with Crippen molar-refractivity contribution < 1.29 is 8.98 Å². The van der Waals surface area contributed by atoms with Crippen molar-refractivity contribution in [2.75, 3.05) is 0 Å². The summed E-state index contributed by atoms with van der Waals surface area (Å²) < 4.78 is 8.01. The molecule has 4 aromatic rings. The van der Waals surface area contributed by atoms with Gasteiger partial charge in [-0.2, -0.15) is 10.5 Å². The van der Waals surface area contributed by atoms with Crippen LogP contribution < -0.4 is 4.57 Å². The van der Waals surface area contributed by atoms with Crippen molar-refractivity contribution in [1.29, 1.82) is 10.5 Å². The average molecular weight is 324 g/mol. The molecule has 118 valence electrons. The Labute approximate surface area is 144 Å². The number of aryl methyl sites for hydroxylation is 2. The Balaban J connectivity index is 2.10. The van der Waals surface area contributed by atoms with Crippen molar-refractivity contribution in [3.63, 3.8) is 0 Å². The lowest BCUT2D eigenvalue weighted by Crippen LogP contribution is -2.30. The average Bonchev–Trinajstić information content (AvgIpc) is 2.98. The number of rotatable bonds is 1. The Bertz CT molecular complexity index is 1240. The third-order valence-electron chi connectivity index (χ3n) is 4.55. The van der Waals surface area contributed by atoms with Crippen LogP contribution in [0.1, 0.15) is 16.7 Å². The highest BCUT2D eigenvalue weighted by Crippen LogP contribution is 2.35. The van der Waals surface area contributed by atoms with Crippen molar-refractivity contribution in [3.8, 4) is 23.4 Å². The molecule has 0 atom stereocenters. The van der Waals surface area contributed by atoms with Crippen molar-refractivity contribution in [3.05, 3.63) is 65.4 Å². The Kier molecular flexibility index (Phi) is 3.27. The van der Waals surface area contributed by atoms with Crippen molar-refractivity contribution >= 4 is 21.9 Å². The zero-order valence-corrected chi connectivity index (χ0v) is 13.9. The SMILES string of the molecule is Cc1cc2oc3c(C#N)c(C#N)ccc3c2cc1-c1cccc[n+]1C. The van der Waals surface area contributed by atoms with Gasteiger partial charge in [0.15, 0.2) is 11.8 Å². The zero-order chi connectivity index (χ0) is 17.6. The normalized spacial score (nSPS) is 10.7. The summed E-state index contributed by atoms with van der Waals surface area (Å²) in [5.74, 6) is 0. The number of furan rings is 1. The first-order chi connectivity index (χ1) is 12.1. The molecule has 4 rings (SSSR count). The Morgan fingerprint density at radius 2 is 1.84 bits per heavy atom. The van der Waals surface area contributed by atoms with E-state index in [9.17, 15) is 10.5 Å². The minimum atomic E-state index is 0.292. The molecule has 0 aliphatic rings. The standard InChI is InChI=1S/C21H14N3O/c1-13-9-20-17(10-16(13)19-5-3-4-8-24(19)2)15-7-6-14(11-22)18(12-23)21(15)25-20/h3-10H,1-2H3/q+1. The number of pyridine rings is 1. The molecule has 4 nitrogen and oxygen atoms in total. The van der Waals surface area contributed by atoms with Gasteiger partial charge in [-0.3, -0.25) is 0 Å². The van der Waals surface area contributed by atoms with Crippen LogP contribution in [0, 0.1) is 29.6 Å². The third-order valence-corrected chi connectivity index (χ3v) is 4.55. The lowest BCUT2D eigenvalue weighted by atomic mass is 9.99. The second-order valence-electron chi connectivity index (χ2n) is 6.05. The highest BCUT2D eigenvalue weighted by Gasteiger charge is 2.18. The largest absolute Gasteiger partial charge is 0.455 e. The molecule has 2 aromatic carbocycles. The maximum absolute atomic E-state index is 9.43. The van der Waals surface area contributed by atoms with E-state index >= 15 is 0 Å². The van der Waals surface area contributed by atoms with Crippen LogP contribution in [0.25, 0.3) is 33.2 Å². The molecule has 0 spiro atoms. The van der Waals surface area contributed by atoms with Gasteiger partial charge in [0.25, 0.3) is 0 Å². The van der Waals surface area contributed by atoms with Crippen LogP contribution in [-0.2, 0) is 7.05 Å².